The van der Waals surface area contributed by atoms with Crippen molar-refractivity contribution in [3.63, 3.8) is 0 Å². The van der Waals surface area contributed by atoms with Gasteiger partial charge < -0.3 is 10.6 Å². The number of benzene rings is 2. The fourth-order valence-corrected chi connectivity index (χ4v) is 2.41. The summed E-state index contributed by atoms with van der Waals surface area (Å²) in [5.41, 5.74) is 5.66. The Morgan fingerprint density at radius 2 is 1.57 bits per heavy atom. The monoisotopic (exact) mass is 282 g/mol. The van der Waals surface area contributed by atoms with Crippen molar-refractivity contribution in [2.45, 2.75) is 33.7 Å². The van der Waals surface area contributed by atoms with Crippen molar-refractivity contribution in [2.75, 3.05) is 5.32 Å². The third-order valence-electron chi connectivity index (χ3n) is 3.73. The number of carbonyl (C=O) groups is 1. The maximum absolute atomic E-state index is 12.0. The van der Waals surface area contributed by atoms with E-state index in [-0.39, 0.29) is 12.1 Å². The smallest absolute Gasteiger partial charge is 0.319 e. The molecule has 3 nitrogen and oxygen atoms in total. The number of urea groups is 1. The number of hydrogen-bond donors (Lipinski definition) is 2. The zero-order valence-corrected chi connectivity index (χ0v) is 13.0. The van der Waals surface area contributed by atoms with E-state index in [1.165, 1.54) is 16.7 Å². The fraction of sp³-hybridized carbons (Fsp3) is 0.278. The maximum atomic E-state index is 12.0. The summed E-state index contributed by atoms with van der Waals surface area (Å²) in [6, 6.07) is 13.5. The molecular weight excluding hydrogens is 260 g/mol. The second-order valence-electron chi connectivity index (χ2n) is 5.48. The molecule has 0 radical (unpaired) electrons. The van der Waals surface area contributed by atoms with Crippen molar-refractivity contribution >= 4 is 11.7 Å². The molecule has 0 spiro atoms. The van der Waals surface area contributed by atoms with E-state index in [1.807, 2.05) is 37.3 Å². The van der Waals surface area contributed by atoms with E-state index in [4.69, 9.17) is 0 Å². The number of amides is 2. The molecule has 0 aliphatic carbocycles. The molecule has 110 valence electrons. The van der Waals surface area contributed by atoms with E-state index in [1.54, 1.807) is 0 Å². The van der Waals surface area contributed by atoms with Gasteiger partial charge in [0.1, 0.15) is 0 Å². The second-order valence-corrected chi connectivity index (χ2v) is 5.48. The normalized spacial score (nSPS) is 11.8. The van der Waals surface area contributed by atoms with Crippen molar-refractivity contribution in [3.05, 3.63) is 64.7 Å². The number of rotatable bonds is 3. The first-order valence-electron chi connectivity index (χ1n) is 7.17. The zero-order chi connectivity index (χ0) is 15.4. The van der Waals surface area contributed by atoms with Crippen LogP contribution in [0.2, 0.25) is 0 Å². The molecule has 2 rings (SSSR count). The molecular formula is C18H22N2O. The van der Waals surface area contributed by atoms with Crippen LogP contribution < -0.4 is 10.6 Å². The van der Waals surface area contributed by atoms with Gasteiger partial charge in [-0.05, 0) is 62.1 Å². The molecule has 2 aromatic carbocycles. The van der Waals surface area contributed by atoms with Gasteiger partial charge in [0.15, 0.2) is 0 Å². The molecule has 0 saturated carbocycles. The van der Waals surface area contributed by atoms with E-state index in [2.05, 4.69) is 43.5 Å². The minimum Gasteiger partial charge on any atom is -0.331 e. The first-order valence-corrected chi connectivity index (χ1v) is 7.17. The van der Waals surface area contributed by atoms with Crippen molar-refractivity contribution in [1.82, 2.24) is 5.32 Å². The fourth-order valence-electron chi connectivity index (χ4n) is 2.41. The van der Waals surface area contributed by atoms with Crippen LogP contribution >= 0.6 is 0 Å². The minimum absolute atomic E-state index is 0.0342. The van der Waals surface area contributed by atoms with Gasteiger partial charge in [-0.3, -0.25) is 0 Å². The summed E-state index contributed by atoms with van der Waals surface area (Å²) >= 11 is 0. The summed E-state index contributed by atoms with van der Waals surface area (Å²) in [4.78, 5) is 12.0. The van der Waals surface area contributed by atoms with Crippen LogP contribution in [0.1, 0.15) is 35.2 Å². The predicted octanol–water partition coefficient (Wildman–Crippen LogP) is 4.49. The van der Waals surface area contributed by atoms with E-state index >= 15 is 0 Å². The highest BCUT2D eigenvalue weighted by molar-refractivity contribution is 5.89. The standard InChI is InChI=1S/C18H22N2O/c1-12-10-14(3)17(11-13(12)2)15(4)19-18(21)20-16-8-6-5-7-9-16/h5-11,15H,1-4H3,(H2,19,20,21). The number of aryl methyl sites for hydroxylation is 3. The molecule has 0 fully saturated rings. The van der Waals surface area contributed by atoms with Gasteiger partial charge in [-0.25, -0.2) is 4.79 Å². The lowest BCUT2D eigenvalue weighted by molar-refractivity contribution is 0.249. The molecule has 3 heteroatoms. The van der Waals surface area contributed by atoms with Crippen LogP contribution in [0.4, 0.5) is 10.5 Å². The van der Waals surface area contributed by atoms with Crippen LogP contribution in [0.15, 0.2) is 42.5 Å². The van der Waals surface area contributed by atoms with Crippen molar-refractivity contribution in [3.8, 4) is 0 Å². The van der Waals surface area contributed by atoms with E-state index in [0.29, 0.717) is 0 Å². The van der Waals surface area contributed by atoms with Crippen LogP contribution in [-0.2, 0) is 0 Å². The van der Waals surface area contributed by atoms with Gasteiger partial charge in [-0.2, -0.15) is 0 Å². The van der Waals surface area contributed by atoms with Crippen molar-refractivity contribution in [2.24, 2.45) is 0 Å². The van der Waals surface area contributed by atoms with Gasteiger partial charge in [0.2, 0.25) is 0 Å². The molecule has 2 aromatic rings. The molecule has 0 heterocycles. The molecule has 1 atom stereocenters. The van der Waals surface area contributed by atoms with Gasteiger partial charge in [-0.15, -0.1) is 0 Å². The quantitative estimate of drug-likeness (QED) is 0.855. The number of para-hydroxylation sites is 1. The molecule has 0 aliphatic heterocycles. The van der Waals surface area contributed by atoms with Crippen LogP contribution in [0, 0.1) is 20.8 Å². The second kappa shape index (κ2) is 6.44. The Bertz CT molecular complexity index is 635. The molecule has 0 bridgehead atoms. The molecule has 2 amide bonds. The molecule has 0 aromatic heterocycles. The summed E-state index contributed by atoms with van der Waals surface area (Å²) in [6.07, 6.45) is 0. The summed E-state index contributed by atoms with van der Waals surface area (Å²) in [5, 5.41) is 5.82. The highest BCUT2D eigenvalue weighted by Crippen LogP contribution is 2.21. The average molecular weight is 282 g/mol. The van der Waals surface area contributed by atoms with Crippen LogP contribution in [0.3, 0.4) is 0 Å². The minimum atomic E-state index is -0.189. The van der Waals surface area contributed by atoms with E-state index < -0.39 is 0 Å². The largest absolute Gasteiger partial charge is 0.331 e. The molecule has 0 aliphatic rings. The third kappa shape index (κ3) is 3.85. The molecule has 2 N–H and O–H groups in total. The van der Waals surface area contributed by atoms with Gasteiger partial charge in [0.25, 0.3) is 0 Å². The van der Waals surface area contributed by atoms with Crippen molar-refractivity contribution in [1.29, 1.82) is 0 Å². The van der Waals surface area contributed by atoms with Gasteiger partial charge in [0, 0.05) is 5.69 Å². The van der Waals surface area contributed by atoms with Crippen LogP contribution in [0.5, 0.6) is 0 Å². The zero-order valence-electron chi connectivity index (χ0n) is 13.0. The van der Waals surface area contributed by atoms with E-state index in [0.717, 1.165) is 11.3 Å². The number of hydrogen-bond acceptors (Lipinski definition) is 1. The lowest BCUT2D eigenvalue weighted by Gasteiger charge is -2.18. The third-order valence-corrected chi connectivity index (χ3v) is 3.73. The molecule has 21 heavy (non-hydrogen) atoms. The SMILES string of the molecule is Cc1cc(C)c(C(C)NC(=O)Nc2ccccc2)cc1C. The Hall–Kier alpha value is -2.29. The number of anilines is 1. The highest BCUT2D eigenvalue weighted by Gasteiger charge is 2.12. The molecule has 1 unspecified atom stereocenters. The Balaban J connectivity index is 2.06. The van der Waals surface area contributed by atoms with Gasteiger partial charge >= 0.3 is 6.03 Å². The Labute approximate surface area is 126 Å². The Morgan fingerprint density at radius 1 is 0.952 bits per heavy atom. The summed E-state index contributed by atoms with van der Waals surface area (Å²) in [6.45, 7) is 8.28. The van der Waals surface area contributed by atoms with Crippen LogP contribution in [-0.4, -0.2) is 6.03 Å². The lowest BCUT2D eigenvalue weighted by atomic mass is 9.97. The summed E-state index contributed by atoms with van der Waals surface area (Å²) in [7, 11) is 0. The van der Waals surface area contributed by atoms with Crippen molar-refractivity contribution < 1.29 is 4.79 Å². The number of carbonyl (C=O) groups excluding carboxylic acids is 1. The highest BCUT2D eigenvalue weighted by atomic mass is 16.2. The lowest BCUT2D eigenvalue weighted by Crippen LogP contribution is -2.31. The Kier molecular flexibility index (Phi) is 4.63. The van der Waals surface area contributed by atoms with E-state index in [9.17, 15) is 4.79 Å². The van der Waals surface area contributed by atoms with Crippen LogP contribution in [0.25, 0.3) is 0 Å². The Morgan fingerprint density at radius 3 is 2.24 bits per heavy atom. The average Bonchev–Trinajstić information content (AvgIpc) is 2.43. The topological polar surface area (TPSA) is 41.1 Å². The molecule has 0 saturated heterocycles. The summed E-state index contributed by atoms with van der Waals surface area (Å²) in [5.74, 6) is 0. The first-order chi connectivity index (χ1) is 9.97. The predicted molar refractivity (Wildman–Crippen MR) is 87.7 cm³/mol. The summed E-state index contributed by atoms with van der Waals surface area (Å²) < 4.78 is 0. The first kappa shape index (κ1) is 15.1. The maximum Gasteiger partial charge on any atom is 0.319 e. The van der Waals surface area contributed by atoms with Gasteiger partial charge in [-0.1, -0.05) is 30.3 Å². The van der Waals surface area contributed by atoms with Gasteiger partial charge in [0.05, 0.1) is 6.04 Å². The number of nitrogens with one attached hydrogen (secondary N) is 2.